The molecule has 174 valence electrons. The number of allylic oxidation sites excluding steroid dienone is 1. The molecule has 10 heteroatoms. The Morgan fingerprint density at radius 2 is 1.97 bits per heavy atom. The smallest absolute Gasteiger partial charge is 0.255 e. The minimum Gasteiger partial charge on any atom is -0.497 e. The van der Waals surface area contributed by atoms with Gasteiger partial charge < -0.3 is 30.4 Å². The van der Waals surface area contributed by atoms with Crippen LogP contribution in [0.2, 0.25) is 0 Å². The standard InChI is InChI=1S/C24H23N5O5/c1-3-32-18-10-14(6-9-17(18)33-12-19(26)30)20-16(11-25)23(27)34-24-21(20)22(28-29-24)13-4-7-15(31-2)8-5-13/h4-10,20H,3,12,27H2,1-2H3,(H2,26,30)(H,28,29)/t20-/m1/s1. The van der Waals surface area contributed by atoms with Crippen molar-refractivity contribution in [3.63, 3.8) is 0 Å². The molecule has 1 aliphatic rings. The number of nitrogens with one attached hydrogen (secondary N) is 1. The van der Waals surface area contributed by atoms with Gasteiger partial charge in [-0.05, 0) is 48.9 Å². The lowest BCUT2D eigenvalue weighted by molar-refractivity contribution is -0.119. The van der Waals surface area contributed by atoms with Crippen LogP contribution in [0.25, 0.3) is 11.3 Å². The number of carbonyl (C=O) groups excluding carboxylic acids is 1. The van der Waals surface area contributed by atoms with Gasteiger partial charge in [-0.3, -0.25) is 9.89 Å². The molecule has 0 spiro atoms. The van der Waals surface area contributed by atoms with Crippen molar-refractivity contribution in [1.82, 2.24) is 10.2 Å². The summed E-state index contributed by atoms with van der Waals surface area (Å²) >= 11 is 0. The number of aromatic nitrogens is 2. The molecule has 34 heavy (non-hydrogen) atoms. The van der Waals surface area contributed by atoms with Crippen LogP contribution < -0.4 is 30.4 Å². The first kappa shape index (κ1) is 22.5. The summed E-state index contributed by atoms with van der Waals surface area (Å²) < 4.78 is 22.1. The fraction of sp³-hybridized carbons (Fsp3) is 0.208. The predicted octanol–water partition coefficient (Wildman–Crippen LogP) is 2.57. The van der Waals surface area contributed by atoms with Crippen molar-refractivity contribution in [2.24, 2.45) is 11.5 Å². The number of nitrogens with zero attached hydrogens (tertiary/aromatic N) is 2. The summed E-state index contributed by atoms with van der Waals surface area (Å²) in [6.45, 7) is 1.90. The maximum atomic E-state index is 11.2. The first-order valence-corrected chi connectivity index (χ1v) is 10.4. The molecule has 0 aliphatic carbocycles. The van der Waals surface area contributed by atoms with E-state index in [0.717, 1.165) is 5.56 Å². The number of hydrogen-bond acceptors (Lipinski definition) is 8. The molecule has 1 aromatic heterocycles. The number of hydrogen-bond donors (Lipinski definition) is 3. The van der Waals surface area contributed by atoms with E-state index in [1.54, 1.807) is 25.3 Å². The van der Waals surface area contributed by atoms with Gasteiger partial charge in [0.1, 0.15) is 17.4 Å². The molecular formula is C24H23N5O5. The quantitative estimate of drug-likeness (QED) is 0.462. The number of nitrogens with two attached hydrogens (primary N) is 2. The van der Waals surface area contributed by atoms with Crippen LogP contribution in [-0.4, -0.2) is 36.4 Å². The number of fused-ring (bicyclic) bond motifs is 1. The average Bonchev–Trinajstić information content (AvgIpc) is 3.25. The Morgan fingerprint density at radius 1 is 1.21 bits per heavy atom. The van der Waals surface area contributed by atoms with Crippen molar-refractivity contribution in [1.29, 1.82) is 5.26 Å². The lowest BCUT2D eigenvalue weighted by Crippen LogP contribution is -2.21. The van der Waals surface area contributed by atoms with E-state index in [1.165, 1.54) is 0 Å². The summed E-state index contributed by atoms with van der Waals surface area (Å²) in [5.74, 6) is 0.521. The molecule has 0 saturated heterocycles. The van der Waals surface area contributed by atoms with Gasteiger partial charge in [0.2, 0.25) is 11.8 Å². The van der Waals surface area contributed by atoms with Gasteiger partial charge >= 0.3 is 0 Å². The molecule has 0 fully saturated rings. The SMILES string of the molecule is CCOc1cc([C@@H]2C(C#N)=C(N)Oc3n[nH]c(-c4ccc(OC)cc4)c32)ccc1OCC(N)=O. The zero-order valence-electron chi connectivity index (χ0n) is 18.6. The molecule has 5 N–H and O–H groups in total. The Balaban J connectivity index is 1.84. The van der Waals surface area contributed by atoms with Gasteiger partial charge in [-0.15, -0.1) is 5.10 Å². The molecule has 3 aromatic rings. The molecule has 0 bridgehead atoms. The molecule has 0 saturated carbocycles. The van der Waals surface area contributed by atoms with Crippen molar-refractivity contribution in [3.8, 4) is 40.5 Å². The van der Waals surface area contributed by atoms with E-state index in [0.29, 0.717) is 40.7 Å². The number of ether oxygens (including phenoxy) is 4. The van der Waals surface area contributed by atoms with Crippen LogP contribution in [-0.2, 0) is 4.79 Å². The maximum Gasteiger partial charge on any atom is 0.255 e. The van der Waals surface area contributed by atoms with E-state index in [-0.39, 0.29) is 23.9 Å². The Hall–Kier alpha value is -4.65. The maximum absolute atomic E-state index is 11.2. The van der Waals surface area contributed by atoms with Crippen molar-refractivity contribution in [2.45, 2.75) is 12.8 Å². The van der Waals surface area contributed by atoms with Gasteiger partial charge in [0, 0.05) is 5.56 Å². The van der Waals surface area contributed by atoms with E-state index in [2.05, 4.69) is 16.3 Å². The number of nitriles is 1. The fourth-order valence-corrected chi connectivity index (χ4v) is 3.80. The number of primary amides is 1. The van der Waals surface area contributed by atoms with Crippen molar-refractivity contribution >= 4 is 5.91 Å². The number of methoxy groups -OCH3 is 1. The lowest BCUT2D eigenvalue weighted by Gasteiger charge is -2.25. The van der Waals surface area contributed by atoms with E-state index < -0.39 is 11.8 Å². The predicted molar refractivity (Wildman–Crippen MR) is 122 cm³/mol. The average molecular weight is 461 g/mol. The largest absolute Gasteiger partial charge is 0.497 e. The topological polar surface area (TPSA) is 158 Å². The Labute approximate surface area is 195 Å². The van der Waals surface area contributed by atoms with Crippen molar-refractivity contribution in [2.75, 3.05) is 20.3 Å². The third-order valence-electron chi connectivity index (χ3n) is 5.29. The summed E-state index contributed by atoms with van der Waals surface area (Å²) in [5.41, 5.74) is 14.4. The first-order chi connectivity index (χ1) is 16.5. The molecule has 1 aliphatic heterocycles. The van der Waals surface area contributed by atoms with Crippen LogP contribution in [0.1, 0.15) is 24.0 Å². The van der Waals surface area contributed by atoms with E-state index >= 15 is 0 Å². The number of H-pyrrole nitrogens is 1. The monoisotopic (exact) mass is 461 g/mol. The third-order valence-corrected chi connectivity index (χ3v) is 5.29. The number of benzene rings is 2. The van der Waals surface area contributed by atoms with Gasteiger partial charge in [0.05, 0.1) is 30.9 Å². The Kier molecular flexibility index (Phi) is 6.27. The second-order valence-electron chi connectivity index (χ2n) is 7.36. The molecule has 10 nitrogen and oxygen atoms in total. The van der Waals surface area contributed by atoms with Crippen LogP contribution in [0.3, 0.4) is 0 Å². The zero-order chi connectivity index (χ0) is 24.2. The zero-order valence-corrected chi connectivity index (χ0v) is 18.6. The Bertz CT molecular complexity index is 1290. The van der Waals surface area contributed by atoms with Gasteiger partial charge in [0.15, 0.2) is 18.1 Å². The first-order valence-electron chi connectivity index (χ1n) is 10.4. The second-order valence-corrected chi connectivity index (χ2v) is 7.36. The molecule has 2 aromatic carbocycles. The van der Waals surface area contributed by atoms with Crippen molar-refractivity contribution < 1.29 is 23.7 Å². The van der Waals surface area contributed by atoms with Crippen LogP contribution in [0, 0.1) is 11.3 Å². The van der Waals surface area contributed by atoms with E-state index in [9.17, 15) is 10.1 Å². The molecule has 0 unspecified atom stereocenters. The fourth-order valence-electron chi connectivity index (χ4n) is 3.80. The van der Waals surface area contributed by atoms with E-state index in [1.807, 2.05) is 31.2 Å². The summed E-state index contributed by atoms with van der Waals surface area (Å²) in [4.78, 5) is 11.2. The molecule has 1 amide bonds. The summed E-state index contributed by atoms with van der Waals surface area (Å²) in [6.07, 6.45) is 0. The number of aromatic amines is 1. The Morgan fingerprint density at radius 3 is 2.62 bits per heavy atom. The van der Waals surface area contributed by atoms with Crippen LogP contribution in [0.15, 0.2) is 53.9 Å². The lowest BCUT2D eigenvalue weighted by atomic mass is 9.83. The number of amides is 1. The van der Waals surface area contributed by atoms with E-state index in [4.69, 9.17) is 30.4 Å². The normalized spacial score (nSPS) is 14.6. The summed E-state index contributed by atoms with van der Waals surface area (Å²) in [6, 6.07) is 14.8. The van der Waals surface area contributed by atoms with Crippen LogP contribution >= 0.6 is 0 Å². The van der Waals surface area contributed by atoms with Gasteiger partial charge in [-0.1, -0.05) is 6.07 Å². The van der Waals surface area contributed by atoms with Crippen molar-refractivity contribution in [3.05, 3.63) is 65.0 Å². The molecule has 4 rings (SSSR count). The number of rotatable bonds is 8. The van der Waals surface area contributed by atoms with Gasteiger partial charge in [-0.25, -0.2) is 0 Å². The molecule has 1 atom stereocenters. The highest BCUT2D eigenvalue weighted by atomic mass is 16.5. The second kappa shape index (κ2) is 9.46. The van der Waals surface area contributed by atoms with Crippen LogP contribution in [0.5, 0.6) is 23.1 Å². The van der Waals surface area contributed by atoms with Gasteiger partial charge in [0.25, 0.3) is 5.91 Å². The van der Waals surface area contributed by atoms with Crippen LogP contribution in [0.4, 0.5) is 0 Å². The summed E-state index contributed by atoms with van der Waals surface area (Å²) in [7, 11) is 1.59. The highest BCUT2D eigenvalue weighted by Gasteiger charge is 2.36. The number of carbonyl (C=O) groups is 1. The highest BCUT2D eigenvalue weighted by molar-refractivity contribution is 5.75. The summed E-state index contributed by atoms with van der Waals surface area (Å²) in [5, 5.41) is 17.2. The minimum atomic E-state index is -0.606. The molecule has 2 heterocycles. The third kappa shape index (κ3) is 4.19. The minimum absolute atomic E-state index is 0.0280. The molecular weight excluding hydrogens is 438 g/mol. The van der Waals surface area contributed by atoms with Gasteiger partial charge in [-0.2, -0.15) is 5.26 Å². The highest BCUT2D eigenvalue weighted by Crippen LogP contribution is 2.47. The molecule has 0 radical (unpaired) electrons.